The molecule has 2 aliphatic rings. The number of nitrogens with one attached hydrogen (secondary N) is 3. The van der Waals surface area contributed by atoms with Crippen molar-refractivity contribution >= 4 is 33.3 Å². The maximum absolute atomic E-state index is 12.5. The molecule has 4 N–H and O–H groups in total. The first kappa shape index (κ1) is 26.1. The molecule has 2 aromatic rings. The van der Waals surface area contributed by atoms with Crippen LogP contribution in [-0.2, 0) is 19.6 Å². The molecule has 2 saturated heterocycles. The Morgan fingerprint density at radius 3 is 2.22 bits per heavy atom. The van der Waals surface area contributed by atoms with Crippen LogP contribution in [0.25, 0.3) is 0 Å². The van der Waals surface area contributed by atoms with E-state index in [-0.39, 0.29) is 4.90 Å². The number of rotatable bonds is 9. The van der Waals surface area contributed by atoms with Crippen LogP contribution in [-0.4, -0.2) is 81.7 Å². The fourth-order valence-electron chi connectivity index (χ4n) is 4.70. The maximum atomic E-state index is 12.5. The number of amides is 1. The minimum atomic E-state index is -4.08. The van der Waals surface area contributed by atoms with Gasteiger partial charge in [0.05, 0.1) is 11.3 Å². The minimum Gasteiger partial charge on any atom is -0.480 e. The predicted octanol–water partition coefficient (Wildman–Crippen LogP) is 1.32. The summed E-state index contributed by atoms with van der Waals surface area (Å²) in [4.78, 5) is 28.9. The smallest absolute Gasteiger partial charge is 0.322 e. The lowest BCUT2D eigenvalue weighted by Gasteiger charge is -2.41. The lowest BCUT2D eigenvalue weighted by atomic mass is 10.0. The van der Waals surface area contributed by atoms with E-state index in [0.29, 0.717) is 11.7 Å². The van der Waals surface area contributed by atoms with E-state index in [2.05, 4.69) is 25.2 Å². The molecule has 0 unspecified atom stereocenters. The van der Waals surface area contributed by atoms with E-state index in [4.69, 9.17) is 0 Å². The van der Waals surface area contributed by atoms with Crippen molar-refractivity contribution in [3.8, 4) is 0 Å². The SMILES string of the molecule is O=C(C[C@H](NS(=O)(=O)c1ccccc1)C(=O)O)Nc1ccc(N2CCN(C3CCNCC3)CC2)cc1. The third-order valence-corrected chi connectivity index (χ3v) is 8.18. The number of carbonyl (C=O) groups is 2. The van der Waals surface area contributed by atoms with Gasteiger partial charge >= 0.3 is 5.97 Å². The van der Waals surface area contributed by atoms with Crippen molar-refractivity contribution in [3.05, 3.63) is 54.6 Å². The first-order valence-electron chi connectivity index (χ1n) is 12.2. The zero-order valence-electron chi connectivity index (χ0n) is 20.1. The molecule has 11 heteroatoms. The highest BCUT2D eigenvalue weighted by atomic mass is 32.2. The number of anilines is 2. The molecule has 1 atom stereocenters. The largest absolute Gasteiger partial charge is 0.480 e. The Labute approximate surface area is 211 Å². The van der Waals surface area contributed by atoms with Crippen LogP contribution in [0.2, 0.25) is 0 Å². The number of piperidine rings is 1. The summed E-state index contributed by atoms with van der Waals surface area (Å²) in [5.74, 6) is -2.02. The highest BCUT2D eigenvalue weighted by molar-refractivity contribution is 7.89. The molecular weight excluding hydrogens is 482 g/mol. The fourth-order valence-corrected chi connectivity index (χ4v) is 5.91. The number of hydrogen-bond acceptors (Lipinski definition) is 7. The van der Waals surface area contributed by atoms with Gasteiger partial charge in [-0.25, -0.2) is 8.42 Å². The lowest BCUT2D eigenvalue weighted by Crippen LogP contribution is -2.52. The van der Waals surface area contributed by atoms with Gasteiger partial charge in [0.15, 0.2) is 0 Å². The van der Waals surface area contributed by atoms with Crippen LogP contribution >= 0.6 is 0 Å². The molecule has 2 aromatic carbocycles. The van der Waals surface area contributed by atoms with E-state index in [0.717, 1.165) is 45.0 Å². The van der Waals surface area contributed by atoms with E-state index in [1.165, 1.54) is 37.1 Å². The normalized spacial score (nSPS) is 18.5. The van der Waals surface area contributed by atoms with Crippen LogP contribution in [0.15, 0.2) is 59.5 Å². The molecule has 0 spiro atoms. The quantitative estimate of drug-likeness (QED) is 0.393. The van der Waals surface area contributed by atoms with Gasteiger partial charge in [-0.3, -0.25) is 14.5 Å². The molecule has 0 bridgehead atoms. The molecule has 0 saturated carbocycles. The highest BCUT2D eigenvalue weighted by Gasteiger charge is 2.28. The number of sulfonamides is 1. The number of carboxylic acid groups (broad SMARTS) is 1. The van der Waals surface area contributed by atoms with Crippen molar-refractivity contribution in [1.29, 1.82) is 0 Å². The van der Waals surface area contributed by atoms with Gasteiger partial charge in [0, 0.05) is 43.6 Å². The molecule has 0 aromatic heterocycles. The summed E-state index contributed by atoms with van der Waals surface area (Å²) in [6, 6.07) is 13.9. The zero-order valence-corrected chi connectivity index (χ0v) is 20.9. The molecule has 2 heterocycles. The maximum Gasteiger partial charge on any atom is 0.322 e. The van der Waals surface area contributed by atoms with Gasteiger partial charge in [-0.1, -0.05) is 18.2 Å². The van der Waals surface area contributed by atoms with Gasteiger partial charge in [-0.15, -0.1) is 0 Å². The standard InChI is InChI=1S/C25H33N5O5S/c31-24(18-23(25(32)33)28-36(34,35)22-4-2-1-3-5-22)27-19-6-8-20(9-7-19)29-14-16-30(17-15-29)21-10-12-26-13-11-21/h1-9,21,23,26,28H,10-18H2,(H,27,31)(H,32,33)/t23-/m0/s1. The molecule has 1 amide bonds. The average molecular weight is 516 g/mol. The van der Waals surface area contributed by atoms with E-state index in [1.54, 1.807) is 18.2 Å². The first-order valence-corrected chi connectivity index (χ1v) is 13.7. The molecule has 0 aliphatic carbocycles. The van der Waals surface area contributed by atoms with Crippen molar-refractivity contribution in [3.63, 3.8) is 0 Å². The van der Waals surface area contributed by atoms with Crippen LogP contribution in [0.4, 0.5) is 11.4 Å². The Kier molecular flexibility index (Phi) is 8.57. The summed E-state index contributed by atoms with van der Waals surface area (Å²) in [6.45, 7) is 6.11. The van der Waals surface area contributed by atoms with Crippen LogP contribution in [0.1, 0.15) is 19.3 Å². The monoisotopic (exact) mass is 515 g/mol. The summed E-state index contributed by atoms with van der Waals surface area (Å²) in [5, 5.41) is 15.5. The molecule has 2 fully saturated rings. The highest BCUT2D eigenvalue weighted by Crippen LogP contribution is 2.22. The van der Waals surface area contributed by atoms with Crippen molar-refractivity contribution in [1.82, 2.24) is 14.9 Å². The van der Waals surface area contributed by atoms with Gasteiger partial charge in [-0.2, -0.15) is 4.72 Å². The number of carbonyl (C=O) groups excluding carboxylic acids is 1. The Hall–Kier alpha value is -2.99. The van der Waals surface area contributed by atoms with Crippen molar-refractivity contribution in [2.45, 2.75) is 36.2 Å². The van der Waals surface area contributed by atoms with E-state index in [9.17, 15) is 23.1 Å². The number of carboxylic acids is 1. The minimum absolute atomic E-state index is 0.0659. The number of benzene rings is 2. The molecule has 4 rings (SSSR count). The van der Waals surface area contributed by atoms with Crippen molar-refractivity contribution in [2.75, 3.05) is 49.5 Å². The molecule has 2 aliphatic heterocycles. The third kappa shape index (κ3) is 6.82. The lowest BCUT2D eigenvalue weighted by molar-refractivity contribution is -0.140. The number of piperazine rings is 1. The fraction of sp³-hybridized carbons (Fsp3) is 0.440. The van der Waals surface area contributed by atoms with E-state index >= 15 is 0 Å². The van der Waals surface area contributed by atoms with Gasteiger partial charge < -0.3 is 20.6 Å². The van der Waals surface area contributed by atoms with Gasteiger partial charge in [0.1, 0.15) is 6.04 Å². The number of hydrogen-bond donors (Lipinski definition) is 4. The second-order valence-electron chi connectivity index (χ2n) is 9.13. The summed E-state index contributed by atoms with van der Waals surface area (Å²) >= 11 is 0. The Morgan fingerprint density at radius 1 is 0.972 bits per heavy atom. The molecule has 0 radical (unpaired) electrons. The number of aliphatic carboxylic acids is 1. The topological polar surface area (TPSA) is 131 Å². The van der Waals surface area contributed by atoms with E-state index < -0.39 is 34.4 Å². The van der Waals surface area contributed by atoms with Gasteiger partial charge in [0.2, 0.25) is 15.9 Å². The molecule has 36 heavy (non-hydrogen) atoms. The van der Waals surface area contributed by atoms with Gasteiger partial charge in [0.25, 0.3) is 0 Å². The predicted molar refractivity (Wildman–Crippen MR) is 138 cm³/mol. The molecule has 194 valence electrons. The average Bonchev–Trinajstić information content (AvgIpc) is 2.90. The van der Waals surface area contributed by atoms with E-state index in [1.807, 2.05) is 12.1 Å². The summed E-state index contributed by atoms with van der Waals surface area (Å²) < 4.78 is 27.0. The molecular formula is C25H33N5O5S. The number of nitrogens with zero attached hydrogens (tertiary/aromatic N) is 2. The van der Waals surface area contributed by atoms with Crippen molar-refractivity contribution < 1.29 is 23.1 Å². The van der Waals surface area contributed by atoms with Gasteiger partial charge in [-0.05, 0) is 62.3 Å². The second kappa shape index (κ2) is 11.8. The zero-order chi connectivity index (χ0) is 25.5. The Bertz CT molecular complexity index is 1130. The Morgan fingerprint density at radius 2 is 1.61 bits per heavy atom. The summed E-state index contributed by atoms with van der Waals surface area (Å²) in [7, 11) is -4.08. The van der Waals surface area contributed by atoms with Crippen LogP contribution in [0.5, 0.6) is 0 Å². The summed E-state index contributed by atoms with van der Waals surface area (Å²) in [6.07, 6.45) is 1.86. The molecule has 10 nitrogen and oxygen atoms in total. The van der Waals surface area contributed by atoms with Crippen LogP contribution in [0.3, 0.4) is 0 Å². The summed E-state index contributed by atoms with van der Waals surface area (Å²) in [5.41, 5.74) is 1.59. The second-order valence-corrected chi connectivity index (χ2v) is 10.8. The Balaban J connectivity index is 1.29. The third-order valence-electron chi connectivity index (χ3n) is 6.69. The first-order chi connectivity index (χ1) is 17.3. The van der Waals surface area contributed by atoms with Crippen molar-refractivity contribution in [2.24, 2.45) is 0 Å². The van der Waals surface area contributed by atoms with Crippen LogP contribution < -0.4 is 20.3 Å². The van der Waals surface area contributed by atoms with Crippen LogP contribution in [0, 0.1) is 0 Å².